The summed E-state index contributed by atoms with van der Waals surface area (Å²) in [4.78, 5) is 0. The van der Waals surface area contributed by atoms with Gasteiger partial charge in [0.2, 0.25) is 0 Å². The topological polar surface area (TPSA) is 0 Å². The average molecular weight is 245 g/mol. The van der Waals surface area contributed by atoms with Crippen LogP contribution in [0, 0.1) is 3.57 Å². The third-order valence-corrected chi connectivity index (χ3v) is 4.95. The second-order valence-corrected chi connectivity index (χ2v) is 5.52. The maximum absolute atomic E-state index is 2.31. The minimum absolute atomic E-state index is 0.395. The first kappa shape index (κ1) is 6.65. The molecule has 1 heterocycles. The molecule has 0 bridgehead atoms. The second kappa shape index (κ2) is 2.91. The fraction of sp³-hybridized carbons (Fsp3) is 0.333. The van der Waals surface area contributed by atoms with Crippen molar-refractivity contribution in [2.75, 3.05) is 4.43 Å². The van der Waals surface area contributed by atoms with Crippen LogP contribution < -0.4 is 21.2 Å². The van der Waals surface area contributed by atoms with Gasteiger partial charge in [-0.2, -0.15) is 0 Å². The SMILES string of the molecule is c1ccc2c(c1)CCC[I-]2. The van der Waals surface area contributed by atoms with Crippen molar-refractivity contribution in [1.29, 1.82) is 0 Å². The molecule has 54 valence electrons. The molecule has 1 aliphatic heterocycles. The van der Waals surface area contributed by atoms with E-state index >= 15 is 0 Å². The van der Waals surface area contributed by atoms with Crippen LogP contribution in [0.25, 0.3) is 0 Å². The normalized spacial score (nSPS) is 17.2. The Labute approximate surface area is 71.9 Å². The summed E-state index contributed by atoms with van der Waals surface area (Å²) in [6.45, 7) is 0. The van der Waals surface area contributed by atoms with Crippen molar-refractivity contribution in [2.45, 2.75) is 12.8 Å². The minimum atomic E-state index is 0.395. The molecule has 0 saturated carbocycles. The molecule has 0 aliphatic carbocycles. The van der Waals surface area contributed by atoms with Crippen LogP contribution in [-0.2, 0) is 6.42 Å². The Morgan fingerprint density at radius 2 is 2.10 bits per heavy atom. The summed E-state index contributed by atoms with van der Waals surface area (Å²) in [7, 11) is 0. The third-order valence-electron chi connectivity index (χ3n) is 1.78. The molecule has 0 radical (unpaired) electrons. The molecule has 1 aromatic rings. The first-order valence-electron chi connectivity index (χ1n) is 3.64. The van der Waals surface area contributed by atoms with Gasteiger partial charge in [-0.25, -0.2) is 0 Å². The first-order chi connectivity index (χ1) is 4.97. The Morgan fingerprint density at radius 1 is 1.20 bits per heavy atom. The van der Waals surface area contributed by atoms with E-state index in [1.165, 1.54) is 17.3 Å². The molecule has 1 aromatic carbocycles. The van der Waals surface area contributed by atoms with E-state index in [4.69, 9.17) is 0 Å². The van der Waals surface area contributed by atoms with E-state index in [9.17, 15) is 0 Å². The van der Waals surface area contributed by atoms with Gasteiger partial charge in [0.15, 0.2) is 0 Å². The standard InChI is InChI=1S/C9H10I/c1-2-6-9-8(4-1)5-3-7-10-9/h1-2,4,6H,3,5,7H2/q-1. The Morgan fingerprint density at radius 3 is 3.00 bits per heavy atom. The first-order valence-corrected chi connectivity index (χ1v) is 6.24. The number of halogens is 1. The summed E-state index contributed by atoms with van der Waals surface area (Å²) < 4.78 is 3.18. The van der Waals surface area contributed by atoms with Crippen molar-refractivity contribution in [1.82, 2.24) is 0 Å². The van der Waals surface area contributed by atoms with Crippen molar-refractivity contribution in [3.8, 4) is 0 Å². The number of fused-ring (bicyclic) bond motifs is 1. The third kappa shape index (κ3) is 1.19. The average Bonchev–Trinajstić information content (AvgIpc) is 2.05. The molecule has 0 atom stereocenters. The number of aryl methyl sites for hydroxylation is 1. The van der Waals surface area contributed by atoms with Gasteiger partial charge in [-0.05, 0) is 0 Å². The van der Waals surface area contributed by atoms with Crippen molar-refractivity contribution in [3.63, 3.8) is 0 Å². The molecule has 1 aliphatic rings. The maximum atomic E-state index is 2.31. The molecule has 0 unspecified atom stereocenters. The zero-order chi connectivity index (χ0) is 6.81. The van der Waals surface area contributed by atoms with Crippen molar-refractivity contribution >= 4 is 0 Å². The quantitative estimate of drug-likeness (QED) is 0.402. The number of hydrogen-bond donors (Lipinski definition) is 0. The zero-order valence-electron chi connectivity index (χ0n) is 5.81. The van der Waals surface area contributed by atoms with Gasteiger partial charge in [-0.1, -0.05) is 0 Å². The zero-order valence-corrected chi connectivity index (χ0v) is 7.97. The van der Waals surface area contributed by atoms with E-state index in [0.717, 1.165) is 0 Å². The number of alkyl halides is 1. The van der Waals surface area contributed by atoms with Crippen molar-refractivity contribution in [3.05, 3.63) is 33.4 Å². The molecule has 0 amide bonds. The summed E-state index contributed by atoms with van der Waals surface area (Å²) in [5, 5.41) is 0. The second-order valence-electron chi connectivity index (χ2n) is 2.52. The predicted molar refractivity (Wildman–Crippen MR) is 38.3 cm³/mol. The molecular formula is C9H10I-. The molecule has 10 heavy (non-hydrogen) atoms. The Bertz CT molecular complexity index is 205. The van der Waals surface area contributed by atoms with E-state index in [1.807, 2.05) is 0 Å². The van der Waals surface area contributed by atoms with Crippen LogP contribution in [0.5, 0.6) is 0 Å². The molecule has 2 rings (SSSR count). The molecule has 0 fully saturated rings. The van der Waals surface area contributed by atoms with Crippen molar-refractivity contribution < 1.29 is 21.2 Å². The van der Waals surface area contributed by atoms with Crippen LogP contribution in [-0.4, -0.2) is 4.43 Å². The van der Waals surface area contributed by atoms with Crippen LogP contribution in [0.4, 0.5) is 0 Å². The number of benzene rings is 1. The molecule has 0 aromatic heterocycles. The van der Waals surface area contributed by atoms with Gasteiger partial charge in [-0.3, -0.25) is 0 Å². The van der Waals surface area contributed by atoms with Crippen LogP contribution in [0.1, 0.15) is 12.0 Å². The van der Waals surface area contributed by atoms with Crippen LogP contribution in [0.3, 0.4) is 0 Å². The molecule has 0 saturated heterocycles. The number of rotatable bonds is 0. The summed E-state index contributed by atoms with van der Waals surface area (Å²) >= 11 is 0.395. The van der Waals surface area contributed by atoms with E-state index in [0.29, 0.717) is 21.2 Å². The van der Waals surface area contributed by atoms with E-state index in [1.54, 1.807) is 9.13 Å². The van der Waals surface area contributed by atoms with Gasteiger partial charge in [0.25, 0.3) is 0 Å². The van der Waals surface area contributed by atoms with Crippen LogP contribution in [0.2, 0.25) is 0 Å². The Kier molecular flexibility index (Phi) is 1.93. The molecule has 0 N–H and O–H groups in total. The van der Waals surface area contributed by atoms with Gasteiger partial charge in [-0.15, -0.1) is 0 Å². The Balaban J connectivity index is 2.41. The summed E-state index contributed by atoms with van der Waals surface area (Å²) in [5.74, 6) is 0. The molecule has 0 spiro atoms. The monoisotopic (exact) mass is 245 g/mol. The summed E-state index contributed by atoms with van der Waals surface area (Å²) in [6, 6.07) is 8.92. The molecular weight excluding hydrogens is 235 g/mol. The van der Waals surface area contributed by atoms with Gasteiger partial charge in [0, 0.05) is 0 Å². The van der Waals surface area contributed by atoms with Gasteiger partial charge >= 0.3 is 71.9 Å². The van der Waals surface area contributed by atoms with E-state index < -0.39 is 0 Å². The van der Waals surface area contributed by atoms with Crippen molar-refractivity contribution in [2.24, 2.45) is 0 Å². The summed E-state index contributed by atoms with van der Waals surface area (Å²) in [6.07, 6.45) is 2.76. The fourth-order valence-corrected chi connectivity index (χ4v) is 4.00. The van der Waals surface area contributed by atoms with E-state index in [2.05, 4.69) is 24.3 Å². The van der Waals surface area contributed by atoms with Gasteiger partial charge in [0.05, 0.1) is 0 Å². The van der Waals surface area contributed by atoms with Gasteiger partial charge < -0.3 is 0 Å². The van der Waals surface area contributed by atoms with Crippen LogP contribution in [0.15, 0.2) is 24.3 Å². The van der Waals surface area contributed by atoms with Gasteiger partial charge in [0.1, 0.15) is 0 Å². The molecule has 1 heteroatoms. The number of hydrogen-bond acceptors (Lipinski definition) is 0. The summed E-state index contributed by atoms with van der Waals surface area (Å²) in [5.41, 5.74) is 1.63. The van der Waals surface area contributed by atoms with E-state index in [-0.39, 0.29) is 0 Å². The fourth-order valence-electron chi connectivity index (χ4n) is 1.26. The Hall–Kier alpha value is -0.0500. The van der Waals surface area contributed by atoms with Crippen LogP contribution >= 0.6 is 0 Å². The molecule has 0 nitrogen and oxygen atoms in total. The predicted octanol–water partition coefficient (Wildman–Crippen LogP) is -1.11.